The molecule has 0 radical (unpaired) electrons. The van der Waals surface area contributed by atoms with Gasteiger partial charge in [-0.2, -0.15) is 73.4 Å². The van der Waals surface area contributed by atoms with Crippen molar-refractivity contribution < 1.29 is 36.3 Å². The van der Waals surface area contributed by atoms with Gasteiger partial charge < -0.3 is 31.8 Å². The van der Waals surface area contributed by atoms with Crippen LogP contribution in [0, 0.1) is 13.8 Å². The molecule has 1 fully saturated rings. The molecule has 1 aliphatic carbocycles. The van der Waals surface area contributed by atoms with Crippen molar-refractivity contribution in [2.75, 3.05) is 0 Å². The molecule has 3 unspecified atom stereocenters. The molecule has 0 bridgehead atoms. The summed E-state index contributed by atoms with van der Waals surface area (Å²) in [6.07, 6.45) is 5.48. The molecular weight excluding hydrogens is 925 g/mol. The van der Waals surface area contributed by atoms with Crippen LogP contribution in [0.1, 0.15) is 66.5 Å². The molecule has 0 N–H and O–H groups in total. The third kappa shape index (κ3) is 20.6. The van der Waals surface area contributed by atoms with Crippen LogP contribution in [0.25, 0.3) is 10.6 Å². The van der Waals surface area contributed by atoms with E-state index in [1.807, 2.05) is 18.2 Å². The molecule has 0 aromatic heterocycles. The summed E-state index contributed by atoms with van der Waals surface area (Å²) in [5, 5.41) is 10.3. The predicted octanol–water partition coefficient (Wildman–Crippen LogP) is 13.3. The Morgan fingerprint density at radius 1 is 0.719 bits per heavy atom. The number of hydrogen-bond donors (Lipinski definition) is 0. The van der Waals surface area contributed by atoms with Crippen LogP contribution in [0.5, 0.6) is 5.75 Å². The van der Waals surface area contributed by atoms with Crippen molar-refractivity contribution in [1.82, 2.24) is 0 Å². The maximum atomic E-state index is 6.93. The van der Waals surface area contributed by atoms with Crippen LogP contribution >= 0.6 is 19.4 Å². The second kappa shape index (κ2) is 24.6. The van der Waals surface area contributed by atoms with Gasteiger partial charge in [0.05, 0.1) is 5.75 Å². The van der Waals surface area contributed by atoms with Crippen LogP contribution in [-0.4, -0.2) is 55.1 Å². The normalized spacial score (nSPS) is 17.8. The molecule has 7 nitrogen and oxygen atoms in total. The average Bonchev–Trinajstić information content (AvgIpc) is 3.08. The fourth-order valence-electron chi connectivity index (χ4n) is 7.13. The number of halogens is 2. The molecule has 0 spiro atoms. The van der Waals surface area contributed by atoms with Crippen LogP contribution in [-0.2, 0) is 57.7 Å². The Kier molecular flexibility index (Phi) is 22.6. The first-order valence-corrected chi connectivity index (χ1v) is 38.4. The van der Waals surface area contributed by atoms with E-state index in [4.69, 9.17) is 51.2 Å². The Morgan fingerprint density at radius 2 is 1.26 bits per heavy atom. The number of rotatable bonds is 20. The van der Waals surface area contributed by atoms with Gasteiger partial charge in [-0.3, -0.25) is 0 Å². The zero-order valence-corrected chi connectivity index (χ0v) is 43.8. The predicted molar refractivity (Wildman–Crippen MR) is 253 cm³/mol. The van der Waals surface area contributed by atoms with E-state index in [0.29, 0.717) is 19.7 Å². The summed E-state index contributed by atoms with van der Waals surface area (Å²) in [4.78, 5) is 0. The van der Waals surface area contributed by atoms with E-state index in [1.165, 1.54) is 24.0 Å². The molecule has 3 aromatic rings. The van der Waals surface area contributed by atoms with Crippen molar-refractivity contribution in [1.29, 1.82) is 0 Å². The minimum absolute atomic E-state index is 0. The number of aryl methyl sites for hydroxylation is 1. The van der Waals surface area contributed by atoms with Gasteiger partial charge in [0.15, 0.2) is 16.6 Å². The Hall–Kier alpha value is -0.752. The van der Waals surface area contributed by atoms with Crippen molar-refractivity contribution in [2.24, 2.45) is 0 Å². The van der Waals surface area contributed by atoms with Crippen molar-refractivity contribution in [3.8, 4) is 5.75 Å². The third-order valence-corrected chi connectivity index (χ3v) is 26.0. The molecule has 0 saturated heterocycles. The van der Waals surface area contributed by atoms with Crippen molar-refractivity contribution >= 4 is 62.4 Å². The summed E-state index contributed by atoms with van der Waals surface area (Å²) in [5.41, 5.74) is 6.74. The summed E-state index contributed by atoms with van der Waals surface area (Å²) in [6.45, 7) is 32.3. The molecule has 1 aliphatic rings. The van der Waals surface area contributed by atoms with Gasteiger partial charge in [0.2, 0.25) is 0 Å². The average molecular weight is 995 g/mol. The van der Waals surface area contributed by atoms with Gasteiger partial charge in [-0.25, -0.2) is 0 Å². The molecule has 57 heavy (non-hydrogen) atoms. The van der Waals surface area contributed by atoms with Gasteiger partial charge in [-0.15, -0.1) is 12.1 Å². The number of benzene rings is 3. The molecule has 0 heterocycles. The van der Waals surface area contributed by atoms with E-state index in [-0.39, 0.29) is 34.7 Å². The SMILES string of the molecule is C.[CH2-]c1ccc(OCc2ccc(CC[Si](C)(O[SiH](C)O[Si](C)(C)C)O[Si](C)(C)O[Si](C)(C)C)cc2)cc1C[N-]C1CCCC[C@@H]1[N-]Cc1ccccc1[CH2-].[Cl][Ru][Cl]. The van der Waals surface area contributed by atoms with Gasteiger partial charge in [-0.1, -0.05) is 75.6 Å². The van der Waals surface area contributed by atoms with Gasteiger partial charge in [0.1, 0.15) is 6.61 Å². The summed E-state index contributed by atoms with van der Waals surface area (Å²) >= 11 is -0.346. The first-order valence-electron chi connectivity index (χ1n) is 19.7. The molecule has 3 aromatic carbocycles. The zero-order valence-electron chi connectivity index (χ0n) is 35.4. The third-order valence-electron chi connectivity index (χ3n) is 9.23. The van der Waals surface area contributed by atoms with E-state index in [9.17, 15) is 0 Å². The van der Waals surface area contributed by atoms with Crippen LogP contribution in [0.15, 0.2) is 66.7 Å². The first kappa shape index (κ1) is 52.4. The Balaban J connectivity index is 0.00000271. The van der Waals surface area contributed by atoms with Gasteiger partial charge in [-0.05, 0) is 89.1 Å². The minimum atomic E-state index is -2.58. The van der Waals surface area contributed by atoms with E-state index in [1.54, 1.807) is 0 Å². The molecular formula is C42H70Cl2N2O5RuSi5-4. The number of hydrogen-bond acceptors (Lipinski definition) is 5. The van der Waals surface area contributed by atoms with Crippen LogP contribution in [0.3, 0.4) is 0 Å². The van der Waals surface area contributed by atoms with E-state index < -0.39 is 43.0 Å². The summed E-state index contributed by atoms with van der Waals surface area (Å²) in [5.74, 6) is 0.839. The van der Waals surface area contributed by atoms with E-state index >= 15 is 0 Å². The molecule has 0 aliphatic heterocycles. The molecule has 0 amide bonds. The topological polar surface area (TPSA) is 74.4 Å². The van der Waals surface area contributed by atoms with Crippen molar-refractivity contribution in [3.05, 3.63) is 125 Å². The second-order valence-corrected chi connectivity index (χ2v) is 38.5. The standard InChI is InChI=1S/C41H66N2O5Si5.CH4.2ClH.Ru/c1-33-17-13-14-18-37(33)30-42-40-19-15-16-20-41(40)43-31-38-29-39(26-21-34(38)2)44-32-36-24-22-35(23-25-36)27-28-53(12,46-49(3)45-50(4,5)6)48-52(10,11)47-51(7,8)9;;;;/h13-14,17-18,21-26,29,40-41,49H,1-2,15-16,19-20,27-28,30-32H2,3-12H3;1H4;2*1H;/q-4;;;;+2/p-2/t40-,41?,49?,53?;;;;/m0..../s1. The van der Waals surface area contributed by atoms with Gasteiger partial charge >= 0.3 is 51.6 Å². The monoisotopic (exact) mass is 994 g/mol. The molecule has 1 saturated carbocycles. The van der Waals surface area contributed by atoms with E-state index in [0.717, 1.165) is 53.3 Å². The Labute approximate surface area is 369 Å². The quantitative estimate of drug-likeness (QED) is 0.0833. The Morgan fingerprint density at radius 3 is 1.82 bits per heavy atom. The first-order chi connectivity index (χ1) is 26.2. The Bertz CT molecular complexity index is 1620. The summed E-state index contributed by atoms with van der Waals surface area (Å²) < 4.78 is 33.0. The van der Waals surface area contributed by atoms with Gasteiger partial charge in [0.25, 0.3) is 9.28 Å². The summed E-state index contributed by atoms with van der Waals surface area (Å²) in [6, 6.07) is 24.5. The van der Waals surface area contributed by atoms with Crippen LogP contribution < -0.4 is 4.74 Å². The molecule has 324 valence electrons. The van der Waals surface area contributed by atoms with Crippen LogP contribution in [0.2, 0.25) is 71.5 Å². The number of ether oxygens (including phenoxy) is 1. The van der Waals surface area contributed by atoms with Crippen molar-refractivity contribution in [2.45, 2.75) is 143 Å². The fourth-order valence-corrected chi connectivity index (χ4v) is 27.4. The van der Waals surface area contributed by atoms with Gasteiger partial charge in [0, 0.05) is 0 Å². The molecule has 4 atom stereocenters. The molecule has 4 rings (SSSR count). The zero-order chi connectivity index (χ0) is 41.6. The fraction of sp³-hybridized carbons (Fsp3) is 0.524. The van der Waals surface area contributed by atoms with Crippen molar-refractivity contribution in [3.63, 3.8) is 0 Å². The summed E-state index contributed by atoms with van der Waals surface area (Å²) in [7, 11) is -0.603. The number of nitrogens with zero attached hydrogens (tertiary/aromatic N) is 2. The maximum absolute atomic E-state index is 6.93. The molecule has 15 heteroatoms. The van der Waals surface area contributed by atoms with Crippen LogP contribution in [0.4, 0.5) is 0 Å². The van der Waals surface area contributed by atoms with E-state index in [2.05, 4.69) is 128 Å². The second-order valence-electron chi connectivity index (χ2n) is 17.2.